The van der Waals surface area contributed by atoms with E-state index in [0.717, 1.165) is 32.4 Å². The first kappa shape index (κ1) is 18.6. The Morgan fingerprint density at radius 1 is 1.39 bits per heavy atom. The van der Waals surface area contributed by atoms with E-state index in [0.29, 0.717) is 15.7 Å². The van der Waals surface area contributed by atoms with Crippen molar-refractivity contribution in [2.24, 2.45) is 0 Å². The van der Waals surface area contributed by atoms with Crippen molar-refractivity contribution in [3.05, 3.63) is 28.2 Å². The molecule has 5 nitrogen and oxygen atoms in total. The van der Waals surface area contributed by atoms with Crippen LogP contribution >= 0.6 is 34.8 Å². The molecule has 1 aromatic rings. The topological polar surface area (TPSA) is 56.4 Å². The molecule has 2 amide bonds. The first-order chi connectivity index (χ1) is 11.0. The van der Waals surface area contributed by atoms with Crippen molar-refractivity contribution in [3.63, 3.8) is 0 Å². The zero-order chi connectivity index (χ0) is 16.8. The fourth-order valence-electron chi connectivity index (χ4n) is 2.39. The number of benzene rings is 1. The van der Waals surface area contributed by atoms with Gasteiger partial charge < -0.3 is 10.6 Å². The molecule has 0 bridgehead atoms. The Morgan fingerprint density at radius 3 is 2.87 bits per heavy atom. The molecule has 1 aliphatic rings. The molecule has 1 aliphatic heterocycles. The molecule has 1 aromatic carbocycles. The highest BCUT2D eigenvalue weighted by atomic mass is 35.5. The van der Waals surface area contributed by atoms with Crippen LogP contribution in [0.25, 0.3) is 0 Å². The maximum atomic E-state index is 12.2. The number of halogens is 3. The molecular formula is C15H21Cl3N4O. The largest absolute Gasteiger partial charge is 0.321 e. The van der Waals surface area contributed by atoms with E-state index in [-0.39, 0.29) is 17.8 Å². The minimum absolute atomic E-state index is 0.0851. The lowest BCUT2D eigenvalue weighted by molar-refractivity contribution is 0.0906. The number of carbonyl (C=O) groups excluding carboxylic acids is 1. The minimum atomic E-state index is -0.326. The van der Waals surface area contributed by atoms with Crippen LogP contribution in [0.4, 0.5) is 10.5 Å². The van der Waals surface area contributed by atoms with Crippen molar-refractivity contribution < 1.29 is 4.79 Å². The molecule has 3 N–H and O–H groups in total. The van der Waals surface area contributed by atoms with Gasteiger partial charge in [0.1, 0.15) is 6.29 Å². The van der Waals surface area contributed by atoms with Crippen molar-refractivity contribution in [2.75, 3.05) is 18.4 Å². The Hall–Kier alpha value is -0.720. The third-order valence-corrected chi connectivity index (χ3v) is 4.83. The van der Waals surface area contributed by atoms with Crippen molar-refractivity contribution in [3.8, 4) is 0 Å². The molecule has 0 aliphatic carbocycles. The second-order valence-electron chi connectivity index (χ2n) is 5.40. The Morgan fingerprint density at radius 2 is 2.17 bits per heavy atom. The van der Waals surface area contributed by atoms with Crippen LogP contribution in [-0.2, 0) is 0 Å². The Kier molecular flexibility index (Phi) is 7.24. The van der Waals surface area contributed by atoms with Gasteiger partial charge in [-0.15, -0.1) is 11.6 Å². The fourth-order valence-corrected chi connectivity index (χ4v) is 3.01. The van der Waals surface area contributed by atoms with Crippen molar-refractivity contribution in [1.29, 1.82) is 0 Å². The molecule has 0 spiro atoms. The normalized spacial score (nSPS) is 21.9. The van der Waals surface area contributed by atoms with Gasteiger partial charge in [0.25, 0.3) is 0 Å². The van der Waals surface area contributed by atoms with E-state index in [1.807, 2.05) is 0 Å². The fraction of sp³-hybridized carbons (Fsp3) is 0.533. The average Bonchev–Trinajstić information content (AvgIpc) is 2.50. The molecule has 0 aromatic heterocycles. The van der Waals surface area contributed by atoms with Crippen LogP contribution in [0, 0.1) is 0 Å². The number of alkyl halides is 1. The maximum Gasteiger partial charge on any atom is 0.321 e. The van der Waals surface area contributed by atoms with E-state index >= 15 is 0 Å². The summed E-state index contributed by atoms with van der Waals surface area (Å²) in [6.07, 6.45) is 2.65. The molecule has 23 heavy (non-hydrogen) atoms. The van der Waals surface area contributed by atoms with Crippen molar-refractivity contribution in [2.45, 2.75) is 38.0 Å². The second kappa shape index (κ2) is 8.94. The number of anilines is 1. The number of hydrogen-bond acceptors (Lipinski definition) is 3. The van der Waals surface area contributed by atoms with Crippen LogP contribution in [0.2, 0.25) is 10.0 Å². The van der Waals surface area contributed by atoms with Crippen molar-refractivity contribution >= 4 is 46.5 Å². The van der Waals surface area contributed by atoms with Gasteiger partial charge in [-0.3, -0.25) is 10.2 Å². The van der Waals surface area contributed by atoms with Crippen LogP contribution in [0.5, 0.6) is 0 Å². The minimum Gasteiger partial charge on any atom is -0.309 e. The summed E-state index contributed by atoms with van der Waals surface area (Å²) in [5.41, 5.74) is 0.494. The lowest BCUT2D eigenvalue weighted by Crippen LogP contribution is -2.63. The molecule has 1 fully saturated rings. The number of unbranched alkanes of at least 4 members (excludes halogenated alkanes) is 1. The zero-order valence-corrected chi connectivity index (χ0v) is 15.2. The molecule has 0 radical (unpaired) electrons. The van der Waals surface area contributed by atoms with E-state index in [1.165, 1.54) is 0 Å². The van der Waals surface area contributed by atoms with Crippen LogP contribution in [-0.4, -0.2) is 35.8 Å². The van der Waals surface area contributed by atoms with Crippen LogP contribution in [0.15, 0.2) is 18.2 Å². The lowest BCUT2D eigenvalue weighted by Gasteiger charge is -2.40. The number of nitrogens with one attached hydrogen (secondary N) is 3. The number of amides is 2. The summed E-state index contributed by atoms with van der Waals surface area (Å²) in [6, 6.07) is 4.62. The van der Waals surface area contributed by atoms with Gasteiger partial charge in [-0.2, -0.15) is 0 Å². The van der Waals surface area contributed by atoms with Crippen LogP contribution in [0.1, 0.15) is 26.2 Å². The molecule has 2 unspecified atom stereocenters. The molecule has 128 valence electrons. The van der Waals surface area contributed by atoms with Gasteiger partial charge in [-0.1, -0.05) is 36.5 Å². The summed E-state index contributed by atoms with van der Waals surface area (Å²) in [7, 11) is 0. The first-order valence-electron chi connectivity index (χ1n) is 7.67. The van der Waals surface area contributed by atoms with Crippen molar-refractivity contribution in [1.82, 2.24) is 15.5 Å². The zero-order valence-electron chi connectivity index (χ0n) is 12.9. The third kappa shape index (κ3) is 5.40. The lowest BCUT2D eigenvalue weighted by atomic mass is 10.2. The van der Waals surface area contributed by atoms with E-state index < -0.39 is 0 Å². The average molecular weight is 380 g/mol. The van der Waals surface area contributed by atoms with Crippen LogP contribution < -0.4 is 16.0 Å². The smallest absolute Gasteiger partial charge is 0.309 e. The summed E-state index contributed by atoms with van der Waals surface area (Å²) in [5, 5.41) is 9.75. The first-order valence-corrected chi connectivity index (χ1v) is 8.86. The summed E-state index contributed by atoms with van der Waals surface area (Å²) in [4.78, 5) is 14.3. The standard InChI is InChI=1S/C15H21Cl3N4O/c1-2-3-8-22-13(18)6-7-19-14(22)21-15(23)20-10-4-5-11(16)12(17)9-10/h4-5,9,13-14,19H,2-3,6-8H2,1H3,(H2,20,21,23). The summed E-state index contributed by atoms with van der Waals surface area (Å²) in [5.74, 6) is 0. The monoisotopic (exact) mass is 378 g/mol. The molecule has 1 saturated heterocycles. The molecule has 8 heteroatoms. The number of rotatable bonds is 5. The summed E-state index contributed by atoms with van der Waals surface area (Å²) in [6.45, 7) is 3.71. The number of nitrogens with zero attached hydrogens (tertiary/aromatic N) is 1. The highest BCUT2D eigenvalue weighted by molar-refractivity contribution is 6.42. The highest BCUT2D eigenvalue weighted by Gasteiger charge is 2.29. The molecular weight excluding hydrogens is 359 g/mol. The molecule has 2 rings (SSSR count). The van der Waals surface area contributed by atoms with E-state index in [2.05, 4.69) is 27.8 Å². The number of urea groups is 1. The van der Waals surface area contributed by atoms with Gasteiger partial charge in [0.2, 0.25) is 0 Å². The molecule has 0 saturated carbocycles. The SMILES string of the molecule is CCCCN1C(Cl)CCNC1NC(=O)Nc1ccc(Cl)c(Cl)c1. The third-order valence-electron chi connectivity index (χ3n) is 3.63. The van der Waals surface area contributed by atoms with Gasteiger partial charge in [0, 0.05) is 18.8 Å². The van der Waals surface area contributed by atoms with Gasteiger partial charge in [0.05, 0.1) is 15.5 Å². The summed E-state index contributed by atoms with van der Waals surface area (Å²) < 4.78 is 0. The summed E-state index contributed by atoms with van der Waals surface area (Å²) >= 11 is 18.2. The van der Waals surface area contributed by atoms with Gasteiger partial charge >= 0.3 is 6.03 Å². The maximum absolute atomic E-state index is 12.2. The molecule has 2 atom stereocenters. The van der Waals surface area contributed by atoms with Gasteiger partial charge in [-0.05, 0) is 31.0 Å². The van der Waals surface area contributed by atoms with Crippen LogP contribution in [0.3, 0.4) is 0 Å². The Bertz CT molecular complexity index is 543. The number of carbonyl (C=O) groups is 1. The van der Waals surface area contributed by atoms with E-state index in [1.54, 1.807) is 18.2 Å². The Labute approximate surface area is 151 Å². The van der Waals surface area contributed by atoms with E-state index in [4.69, 9.17) is 34.8 Å². The Balaban J connectivity index is 1.95. The highest BCUT2D eigenvalue weighted by Crippen LogP contribution is 2.25. The second-order valence-corrected chi connectivity index (χ2v) is 6.72. The van der Waals surface area contributed by atoms with E-state index in [9.17, 15) is 4.79 Å². The molecule has 1 heterocycles. The van der Waals surface area contributed by atoms with Gasteiger partial charge in [-0.25, -0.2) is 4.79 Å². The predicted octanol–water partition coefficient (Wildman–Crippen LogP) is 4.06. The predicted molar refractivity (Wildman–Crippen MR) is 96.3 cm³/mol. The number of hydrogen-bond donors (Lipinski definition) is 3. The quantitative estimate of drug-likeness (QED) is 0.534. The van der Waals surface area contributed by atoms with Gasteiger partial charge in [0.15, 0.2) is 0 Å².